The van der Waals surface area contributed by atoms with Gasteiger partial charge in [0.1, 0.15) is 11.5 Å². The highest BCUT2D eigenvalue weighted by atomic mass is 16.5. The van der Waals surface area contributed by atoms with Crippen LogP contribution in [0, 0.1) is 0 Å². The first-order valence-corrected chi connectivity index (χ1v) is 5.17. The average molecular weight is 230 g/mol. The first-order chi connectivity index (χ1) is 8.22. The molecule has 17 heavy (non-hydrogen) atoms. The highest BCUT2D eigenvalue weighted by Crippen LogP contribution is 2.28. The molecular formula is C13H14N2O2. The second-order valence-electron chi connectivity index (χ2n) is 3.61. The molecule has 0 atom stereocenters. The Labute approximate surface area is 100 Å². The predicted molar refractivity (Wildman–Crippen MR) is 67.2 cm³/mol. The molecule has 0 aliphatic carbocycles. The Morgan fingerprint density at radius 1 is 0.882 bits per heavy atom. The Morgan fingerprint density at radius 3 is 2.29 bits per heavy atom. The number of anilines is 1. The number of nitrogen functional groups attached to an aromatic ring is 1. The van der Waals surface area contributed by atoms with Gasteiger partial charge in [-0.1, -0.05) is 0 Å². The van der Waals surface area contributed by atoms with E-state index in [4.69, 9.17) is 15.2 Å². The molecule has 88 valence electrons. The lowest BCUT2D eigenvalue weighted by Crippen LogP contribution is -1.91. The van der Waals surface area contributed by atoms with Crippen LogP contribution in [-0.2, 0) is 0 Å². The maximum atomic E-state index is 5.81. The van der Waals surface area contributed by atoms with Crippen molar-refractivity contribution in [3.63, 3.8) is 0 Å². The van der Waals surface area contributed by atoms with Crippen LogP contribution in [0.5, 0.6) is 11.5 Å². The minimum atomic E-state index is 0.655. The number of nitrogens with two attached hydrogens (primary N) is 1. The van der Waals surface area contributed by atoms with E-state index in [0.29, 0.717) is 11.4 Å². The second-order valence-corrected chi connectivity index (χ2v) is 3.61. The number of pyridine rings is 1. The lowest BCUT2D eigenvalue weighted by molar-refractivity contribution is 0.413. The van der Waals surface area contributed by atoms with Crippen molar-refractivity contribution >= 4 is 5.69 Å². The molecule has 2 rings (SSSR count). The van der Waals surface area contributed by atoms with Crippen molar-refractivity contribution in [3.8, 4) is 22.6 Å². The van der Waals surface area contributed by atoms with Crippen LogP contribution >= 0.6 is 0 Å². The van der Waals surface area contributed by atoms with Crippen LogP contribution in [0.1, 0.15) is 0 Å². The second kappa shape index (κ2) is 4.74. The summed E-state index contributed by atoms with van der Waals surface area (Å²) in [5.74, 6) is 1.44. The van der Waals surface area contributed by atoms with Crippen LogP contribution in [0.2, 0.25) is 0 Å². The molecule has 0 spiro atoms. The third kappa shape index (κ3) is 2.47. The van der Waals surface area contributed by atoms with Crippen LogP contribution in [0.4, 0.5) is 5.69 Å². The number of ether oxygens (including phenoxy) is 2. The van der Waals surface area contributed by atoms with Crippen molar-refractivity contribution in [2.24, 2.45) is 0 Å². The standard InChI is InChI=1S/C13H14N2O2/c1-16-12-4-9(3-11(14)6-12)10-5-13(17-2)8-15-7-10/h3-8H,14H2,1-2H3. The van der Waals surface area contributed by atoms with E-state index in [0.717, 1.165) is 16.9 Å². The van der Waals surface area contributed by atoms with E-state index in [1.165, 1.54) is 0 Å². The molecular weight excluding hydrogens is 216 g/mol. The fourth-order valence-corrected chi connectivity index (χ4v) is 1.59. The van der Waals surface area contributed by atoms with E-state index in [1.807, 2.05) is 18.2 Å². The average Bonchev–Trinajstić information content (AvgIpc) is 2.38. The van der Waals surface area contributed by atoms with Crippen molar-refractivity contribution in [1.82, 2.24) is 4.98 Å². The van der Waals surface area contributed by atoms with Crippen LogP contribution in [0.3, 0.4) is 0 Å². The fourth-order valence-electron chi connectivity index (χ4n) is 1.59. The first kappa shape index (κ1) is 11.3. The summed E-state index contributed by atoms with van der Waals surface area (Å²) in [7, 11) is 3.23. The van der Waals surface area contributed by atoms with Crippen LogP contribution < -0.4 is 15.2 Å². The van der Waals surface area contributed by atoms with Gasteiger partial charge >= 0.3 is 0 Å². The van der Waals surface area contributed by atoms with E-state index in [1.54, 1.807) is 32.7 Å². The van der Waals surface area contributed by atoms with Crippen LogP contribution in [-0.4, -0.2) is 19.2 Å². The SMILES string of the molecule is COc1cncc(-c2cc(N)cc(OC)c2)c1. The van der Waals surface area contributed by atoms with E-state index < -0.39 is 0 Å². The highest BCUT2D eigenvalue weighted by molar-refractivity contribution is 5.70. The Morgan fingerprint density at radius 2 is 1.59 bits per heavy atom. The molecule has 0 saturated carbocycles. The Balaban J connectivity index is 2.47. The first-order valence-electron chi connectivity index (χ1n) is 5.17. The number of rotatable bonds is 3. The largest absolute Gasteiger partial charge is 0.497 e. The highest BCUT2D eigenvalue weighted by Gasteiger charge is 2.04. The Kier molecular flexibility index (Phi) is 3.14. The van der Waals surface area contributed by atoms with Gasteiger partial charge in [0.2, 0.25) is 0 Å². The van der Waals surface area contributed by atoms with Crippen molar-refractivity contribution in [2.75, 3.05) is 20.0 Å². The van der Waals surface area contributed by atoms with Gasteiger partial charge in [-0.25, -0.2) is 0 Å². The van der Waals surface area contributed by atoms with E-state index in [9.17, 15) is 0 Å². The van der Waals surface area contributed by atoms with Crippen molar-refractivity contribution in [3.05, 3.63) is 36.7 Å². The zero-order chi connectivity index (χ0) is 12.3. The molecule has 0 fully saturated rings. The van der Waals surface area contributed by atoms with Gasteiger partial charge in [-0.05, 0) is 23.8 Å². The summed E-state index contributed by atoms with van der Waals surface area (Å²) in [6.07, 6.45) is 3.42. The number of methoxy groups -OCH3 is 2. The van der Waals surface area contributed by atoms with Gasteiger partial charge in [0, 0.05) is 23.5 Å². The maximum absolute atomic E-state index is 5.81. The van der Waals surface area contributed by atoms with Crippen molar-refractivity contribution in [1.29, 1.82) is 0 Å². The summed E-state index contributed by atoms with van der Waals surface area (Å²) in [5, 5.41) is 0. The number of hydrogen-bond acceptors (Lipinski definition) is 4. The normalized spacial score (nSPS) is 10.0. The Bertz CT molecular complexity index is 527. The van der Waals surface area contributed by atoms with Gasteiger partial charge in [0.05, 0.1) is 20.4 Å². The summed E-state index contributed by atoms with van der Waals surface area (Å²) in [4.78, 5) is 4.11. The molecule has 0 aliphatic heterocycles. The quantitative estimate of drug-likeness (QED) is 0.822. The van der Waals surface area contributed by atoms with Crippen LogP contribution in [0.15, 0.2) is 36.7 Å². The fraction of sp³-hybridized carbons (Fsp3) is 0.154. The van der Waals surface area contributed by atoms with Gasteiger partial charge < -0.3 is 15.2 Å². The summed E-state index contributed by atoms with van der Waals surface area (Å²) < 4.78 is 10.3. The molecule has 0 amide bonds. The summed E-state index contributed by atoms with van der Waals surface area (Å²) in [5.41, 5.74) is 8.36. The maximum Gasteiger partial charge on any atom is 0.137 e. The smallest absolute Gasteiger partial charge is 0.137 e. The van der Waals surface area contributed by atoms with Gasteiger partial charge in [-0.2, -0.15) is 0 Å². The topological polar surface area (TPSA) is 57.4 Å². The van der Waals surface area contributed by atoms with Gasteiger partial charge in [0.15, 0.2) is 0 Å². The number of aromatic nitrogens is 1. The zero-order valence-corrected chi connectivity index (χ0v) is 9.81. The third-order valence-electron chi connectivity index (χ3n) is 2.45. The molecule has 0 unspecified atom stereocenters. The van der Waals surface area contributed by atoms with Crippen molar-refractivity contribution in [2.45, 2.75) is 0 Å². The monoisotopic (exact) mass is 230 g/mol. The van der Waals surface area contributed by atoms with Gasteiger partial charge in [-0.15, -0.1) is 0 Å². The van der Waals surface area contributed by atoms with E-state index in [2.05, 4.69) is 4.98 Å². The van der Waals surface area contributed by atoms with Crippen molar-refractivity contribution < 1.29 is 9.47 Å². The number of benzene rings is 1. The summed E-state index contributed by atoms with van der Waals surface area (Å²) in [6.45, 7) is 0. The number of hydrogen-bond donors (Lipinski definition) is 1. The number of nitrogens with zero attached hydrogens (tertiary/aromatic N) is 1. The molecule has 0 bridgehead atoms. The molecule has 4 nitrogen and oxygen atoms in total. The predicted octanol–water partition coefficient (Wildman–Crippen LogP) is 2.35. The Hall–Kier alpha value is -2.23. The molecule has 1 aromatic carbocycles. The molecule has 1 aromatic heterocycles. The molecule has 1 heterocycles. The molecule has 2 N–H and O–H groups in total. The third-order valence-corrected chi connectivity index (χ3v) is 2.45. The molecule has 0 saturated heterocycles. The molecule has 2 aromatic rings. The minimum absolute atomic E-state index is 0.655. The molecule has 0 radical (unpaired) electrons. The minimum Gasteiger partial charge on any atom is -0.497 e. The zero-order valence-electron chi connectivity index (χ0n) is 9.81. The van der Waals surface area contributed by atoms with Gasteiger partial charge in [-0.3, -0.25) is 4.98 Å². The van der Waals surface area contributed by atoms with E-state index >= 15 is 0 Å². The van der Waals surface area contributed by atoms with Crippen LogP contribution in [0.25, 0.3) is 11.1 Å². The van der Waals surface area contributed by atoms with E-state index in [-0.39, 0.29) is 0 Å². The summed E-state index contributed by atoms with van der Waals surface area (Å²) >= 11 is 0. The van der Waals surface area contributed by atoms with Gasteiger partial charge in [0.25, 0.3) is 0 Å². The molecule has 0 aliphatic rings. The lowest BCUT2D eigenvalue weighted by atomic mass is 10.1. The molecule has 4 heteroatoms. The summed E-state index contributed by atoms with van der Waals surface area (Å²) in [6, 6.07) is 7.46. The lowest BCUT2D eigenvalue weighted by Gasteiger charge is -2.07.